The Morgan fingerprint density at radius 1 is 0.700 bits per heavy atom. The molecule has 0 heterocycles. The van der Waals surface area contributed by atoms with E-state index in [1.54, 1.807) is 10.4 Å². The van der Waals surface area contributed by atoms with Gasteiger partial charge in [0.1, 0.15) is 9.52 Å². The molecule has 0 amide bonds. The van der Waals surface area contributed by atoms with Crippen LogP contribution in [0.15, 0.2) is 95.3 Å². The zero-order valence-corrected chi connectivity index (χ0v) is 25.6. The van der Waals surface area contributed by atoms with Gasteiger partial charge in [-0.3, -0.25) is 0 Å². The Balaban J connectivity index is 1.34. The summed E-state index contributed by atoms with van der Waals surface area (Å²) in [7, 11) is 0.740. The third-order valence-corrected chi connectivity index (χ3v) is 10.1. The average Bonchev–Trinajstić information content (AvgIpc) is 3.54. The summed E-state index contributed by atoms with van der Waals surface area (Å²) < 4.78 is 0. The average molecular weight is 537 g/mol. The molecule has 1 unspecified atom stereocenters. The fourth-order valence-electron chi connectivity index (χ4n) is 6.46. The van der Waals surface area contributed by atoms with Gasteiger partial charge in [0.05, 0.1) is 0 Å². The summed E-state index contributed by atoms with van der Waals surface area (Å²) in [5.41, 5.74) is 14.2. The molecule has 4 aromatic rings. The minimum Gasteiger partial charge on any atom is -0.0748 e. The van der Waals surface area contributed by atoms with Crippen molar-refractivity contribution in [2.75, 3.05) is 0 Å². The second-order valence-electron chi connectivity index (χ2n) is 12.2. The van der Waals surface area contributed by atoms with Crippen molar-refractivity contribution in [3.05, 3.63) is 129 Å². The van der Waals surface area contributed by atoms with Crippen LogP contribution in [0, 0.1) is 0 Å². The molecule has 0 aromatic heterocycles. The van der Waals surface area contributed by atoms with Crippen molar-refractivity contribution in [3.63, 3.8) is 0 Å². The van der Waals surface area contributed by atoms with Gasteiger partial charge in [-0.2, -0.15) is 0 Å². The third-order valence-electron chi connectivity index (χ3n) is 8.70. The first kappa shape index (κ1) is 26.8. The fraction of sp³-hybridized carbons (Fsp3) is 0.282. The Morgan fingerprint density at radius 3 is 1.93 bits per heavy atom. The number of hydrogen-bond acceptors (Lipinski definition) is 0. The topological polar surface area (TPSA) is 0 Å². The number of rotatable bonds is 8. The summed E-state index contributed by atoms with van der Waals surface area (Å²) in [6.45, 7) is 11.5. The van der Waals surface area contributed by atoms with Gasteiger partial charge in [-0.25, -0.2) is 0 Å². The molecule has 40 heavy (non-hydrogen) atoms. The number of hydrogen-bond donors (Lipinski definition) is 0. The number of allylic oxidation sites excluding steroid dienone is 2. The quantitative estimate of drug-likeness (QED) is 0.196. The zero-order chi connectivity index (χ0) is 27.8. The van der Waals surface area contributed by atoms with Crippen molar-refractivity contribution in [3.8, 4) is 22.3 Å². The summed E-state index contributed by atoms with van der Waals surface area (Å²) in [4.78, 5) is 0. The van der Waals surface area contributed by atoms with Gasteiger partial charge < -0.3 is 0 Å². The van der Waals surface area contributed by atoms with E-state index in [0.29, 0.717) is 17.8 Å². The first-order chi connectivity index (χ1) is 19.4. The predicted molar refractivity (Wildman–Crippen MR) is 175 cm³/mol. The highest BCUT2D eigenvalue weighted by Gasteiger charge is 2.29. The highest BCUT2D eigenvalue weighted by atomic mass is 28.2. The number of benzene rings is 4. The molecule has 1 heteroatoms. The van der Waals surface area contributed by atoms with Gasteiger partial charge in [0, 0.05) is 5.92 Å². The second-order valence-corrected chi connectivity index (χ2v) is 13.6. The minimum absolute atomic E-state index is 0.526. The van der Waals surface area contributed by atoms with E-state index in [-0.39, 0.29) is 0 Å². The lowest BCUT2D eigenvalue weighted by Gasteiger charge is -2.17. The minimum atomic E-state index is 0.526. The number of fused-ring (bicyclic) bond motifs is 2. The molecular weight excluding hydrogens is 497 g/mol. The Bertz CT molecular complexity index is 1610. The lowest BCUT2D eigenvalue weighted by atomic mass is 9.90. The van der Waals surface area contributed by atoms with Crippen molar-refractivity contribution in [1.82, 2.24) is 0 Å². The second kappa shape index (κ2) is 11.2. The molecule has 0 spiro atoms. The standard InChI is InChI=1S/C39H40Si/c1-6-11-36-35-19-10-18-34(30-15-8-13-28(21-30)26(4)5)38(35)24-39(36)40-32-22-31-16-9-17-33(37(31)23-32)29-14-7-12-27(20-29)25(2)3/h7-10,12-21,23-26,36H,6,11,22H2,1-5H3. The summed E-state index contributed by atoms with van der Waals surface area (Å²) in [5, 5.41) is 3.19. The van der Waals surface area contributed by atoms with Crippen molar-refractivity contribution in [2.45, 2.75) is 71.6 Å². The van der Waals surface area contributed by atoms with Gasteiger partial charge in [0.25, 0.3) is 0 Å². The van der Waals surface area contributed by atoms with Gasteiger partial charge in [-0.05, 0) is 80.3 Å². The van der Waals surface area contributed by atoms with Crippen molar-refractivity contribution in [2.24, 2.45) is 0 Å². The van der Waals surface area contributed by atoms with Crippen LogP contribution in [0.3, 0.4) is 0 Å². The Hall–Kier alpha value is -3.42. The molecule has 0 saturated heterocycles. The van der Waals surface area contributed by atoms with Gasteiger partial charge in [-0.1, -0.05) is 149 Å². The normalized spacial score (nSPS) is 15.8. The zero-order valence-electron chi connectivity index (χ0n) is 24.6. The van der Waals surface area contributed by atoms with Gasteiger partial charge >= 0.3 is 0 Å². The molecule has 200 valence electrons. The van der Waals surface area contributed by atoms with E-state index >= 15 is 0 Å². The van der Waals surface area contributed by atoms with E-state index < -0.39 is 0 Å². The first-order valence-electron chi connectivity index (χ1n) is 15.1. The summed E-state index contributed by atoms with van der Waals surface area (Å²) in [6.07, 6.45) is 8.57. The smallest absolute Gasteiger partial charge is 0.0748 e. The van der Waals surface area contributed by atoms with Crippen LogP contribution in [0.4, 0.5) is 0 Å². The highest BCUT2D eigenvalue weighted by Crippen LogP contribution is 2.45. The van der Waals surface area contributed by atoms with E-state index in [2.05, 4.69) is 132 Å². The third kappa shape index (κ3) is 5.08. The largest absolute Gasteiger partial charge is 0.111 e. The fourth-order valence-corrected chi connectivity index (χ4v) is 8.02. The molecule has 0 nitrogen and oxygen atoms in total. The Labute approximate surface area is 243 Å². The summed E-state index contributed by atoms with van der Waals surface area (Å²) in [6, 6.07) is 32.2. The SMILES string of the molecule is CCCC1C([Si]C2=Cc3c(cccc3-c3cccc(C(C)C)c3)C2)=Cc2c(-c3cccc(C(C)C)c3)cccc21. The van der Waals surface area contributed by atoms with Crippen molar-refractivity contribution >= 4 is 21.7 Å². The summed E-state index contributed by atoms with van der Waals surface area (Å²) >= 11 is 0. The molecule has 0 bridgehead atoms. The maximum Gasteiger partial charge on any atom is 0.111 e. The van der Waals surface area contributed by atoms with Crippen LogP contribution in [0.5, 0.6) is 0 Å². The maximum absolute atomic E-state index is 2.56. The van der Waals surface area contributed by atoms with Crippen LogP contribution in [0.1, 0.15) is 98.6 Å². The van der Waals surface area contributed by atoms with E-state index in [9.17, 15) is 0 Å². The molecular formula is C39H40Si. The van der Waals surface area contributed by atoms with E-state index in [4.69, 9.17) is 0 Å². The molecule has 0 saturated carbocycles. The van der Waals surface area contributed by atoms with Crippen LogP contribution < -0.4 is 0 Å². The van der Waals surface area contributed by atoms with Crippen LogP contribution in [0.2, 0.25) is 0 Å². The van der Waals surface area contributed by atoms with Crippen LogP contribution in [-0.2, 0) is 6.42 Å². The molecule has 0 N–H and O–H groups in total. The van der Waals surface area contributed by atoms with E-state index in [0.717, 1.165) is 15.9 Å². The van der Waals surface area contributed by atoms with Crippen LogP contribution >= 0.6 is 0 Å². The molecule has 1 atom stereocenters. The van der Waals surface area contributed by atoms with E-state index in [1.165, 1.54) is 68.5 Å². The monoisotopic (exact) mass is 536 g/mol. The predicted octanol–water partition coefficient (Wildman–Crippen LogP) is 10.8. The molecule has 2 aliphatic rings. The van der Waals surface area contributed by atoms with Crippen molar-refractivity contribution in [1.29, 1.82) is 0 Å². The molecule has 2 aliphatic carbocycles. The Morgan fingerprint density at radius 2 is 1.30 bits per heavy atom. The van der Waals surface area contributed by atoms with E-state index in [1.807, 2.05) is 0 Å². The van der Waals surface area contributed by atoms with Crippen molar-refractivity contribution < 1.29 is 0 Å². The molecule has 6 rings (SSSR count). The molecule has 2 radical (unpaired) electrons. The highest BCUT2D eigenvalue weighted by molar-refractivity contribution is 6.57. The van der Waals surface area contributed by atoms with Crippen LogP contribution in [0.25, 0.3) is 34.4 Å². The van der Waals surface area contributed by atoms with Gasteiger partial charge in [0.15, 0.2) is 0 Å². The maximum atomic E-state index is 2.56. The Kier molecular flexibility index (Phi) is 7.51. The van der Waals surface area contributed by atoms with Crippen LogP contribution in [-0.4, -0.2) is 9.52 Å². The summed E-state index contributed by atoms with van der Waals surface area (Å²) in [5.74, 6) is 1.60. The molecule has 4 aromatic carbocycles. The lowest BCUT2D eigenvalue weighted by Crippen LogP contribution is -2.08. The van der Waals surface area contributed by atoms with Gasteiger partial charge in [-0.15, -0.1) is 0 Å². The van der Waals surface area contributed by atoms with Gasteiger partial charge in [0.2, 0.25) is 0 Å². The first-order valence-corrected chi connectivity index (χ1v) is 16.1. The molecule has 0 fully saturated rings. The molecule has 0 aliphatic heterocycles. The lowest BCUT2D eigenvalue weighted by molar-refractivity contribution is 0.716.